The molecule has 0 aliphatic heterocycles. The number of imidazole rings is 1. The van der Waals surface area contributed by atoms with Crippen molar-refractivity contribution < 1.29 is 0 Å². The summed E-state index contributed by atoms with van der Waals surface area (Å²) in [6.45, 7) is 6.28. The van der Waals surface area contributed by atoms with Crippen LogP contribution < -0.4 is 5.32 Å². The molecule has 2 aromatic heterocycles. The van der Waals surface area contributed by atoms with Gasteiger partial charge in [-0.3, -0.25) is 4.40 Å². The molecular formula is C23H22N4. The van der Waals surface area contributed by atoms with E-state index in [1.165, 1.54) is 11.1 Å². The number of rotatable bonds is 4. The van der Waals surface area contributed by atoms with Crippen LogP contribution in [0, 0.1) is 25.2 Å². The fourth-order valence-corrected chi connectivity index (χ4v) is 3.65. The molecule has 0 unspecified atom stereocenters. The minimum Gasteiger partial charge on any atom is -0.341 e. The number of benzene rings is 2. The van der Waals surface area contributed by atoms with Crippen LogP contribution in [0.3, 0.4) is 0 Å². The molecule has 134 valence electrons. The number of nitrogens with one attached hydrogen (secondary N) is 1. The van der Waals surface area contributed by atoms with Crippen LogP contribution in [0.25, 0.3) is 16.7 Å². The lowest BCUT2D eigenvalue weighted by atomic mass is 10.0. The lowest BCUT2D eigenvalue weighted by Gasteiger charge is -2.18. The molecule has 4 heteroatoms. The van der Waals surface area contributed by atoms with E-state index >= 15 is 0 Å². The number of nitriles is 1. The van der Waals surface area contributed by atoms with Gasteiger partial charge in [0.2, 0.25) is 0 Å². The molecule has 0 saturated carbocycles. The highest BCUT2D eigenvalue weighted by atomic mass is 15.1. The third kappa shape index (κ3) is 2.82. The first-order valence-electron chi connectivity index (χ1n) is 9.30. The Bertz CT molecular complexity index is 1180. The normalized spacial score (nSPS) is 11.0. The van der Waals surface area contributed by atoms with Gasteiger partial charge >= 0.3 is 0 Å². The zero-order valence-electron chi connectivity index (χ0n) is 15.9. The molecule has 0 bridgehead atoms. The maximum Gasteiger partial charge on any atom is 0.157 e. The van der Waals surface area contributed by atoms with Crippen LogP contribution in [0.4, 0.5) is 11.5 Å². The number of anilines is 2. The van der Waals surface area contributed by atoms with Crippen molar-refractivity contribution in [2.24, 2.45) is 0 Å². The minimum absolute atomic E-state index is 0.657. The summed E-state index contributed by atoms with van der Waals surface area (Å²) in [5, 5.41) is 13.4. The van der Waals surface area contributed by atoms with Crippen molar-refractivity contribution in [2.45, 2.75) is 33.6 Å². The quantitative estimate of drug-likeness (QED) is 0.513. The fraction of sp³-hybridized carbons (Fsp3) is 0.217. The standard InChI is InChI=1S/C23H22N4/c1-4-7-18-16(3)19(14-24)23-26-20-8-5-6-9-21(20)27(23)22(18)25-17-12-10-15(2)11-13-17/h5-6,8-13,25H,4,7H2,1-3H3. The number of hydrogen-bond acceptors (Lipinski definition) is 3. The number of pyridine rings is 1. The number of aromatic nitrogens is 2. The largest absolute Gasteiger partial charge is 0.341 e. The predicted octanol–water partition coefficient (Wildman–Crippen LogP) is 5.67. The van der Waals surface area contributed by atoms with Crippen molar-refractivity contribution >= 4 is 28.2 Å². The van der Waals surface area contributed by atoms with Crippen LogP contribution in [0.15, 0.2) is 48.5 Å². The topological polar surface area (TPSA) is 53.1 Å². The molecule has 27 heavy (non-hydrogen) atoms. The van der Waals surface area contributed by atoms with Gasteiger partial charge < -0.3 is 5.32 Å². The lowest BCUT2D eigenvalue weighted by Crippen LogP contribution is -2.08. The Kier molecular flexibility index (Phi) is 4.29. The highest BCUT2D eigenvalue weighted by Gasteiger charge is 2.20. The number of para-hydroxylation sites is 2. The van der Waals surface area contributed by atoms with Crippen LogP contribution >= 0.6 is 0 Å². The van der Waals surface area contributed by atoms with Crippen LogP contribution in [-0.2, 0) is 6.42 Å². The van der Waals surface area contributed by atoms with E-state index in [1.807, 2.05) is 25.1 Å². The lowest BCUT2D eigenvalue weighted by molar-refractivity contribution is 0.902. The highest BCUT2D eigenvalue weighted by Crippen LogP contribution is 2.33. The maximum absolute atomic E-state index is 9.82. The third-order valence-corrected chi connectivity index (χ3v) is 5.05. The van der Waals surface area contributed by atoms with Gasteiger partial charge in [0.25, 0.3) is 0 Å². The van der Waals surface area contributed by atoms with Crippen LogP contribution in [0.2, 0.25) is 0 Å². The first kappa shape index (κ1) is 17.1. The van der Waals surface area contributed by atoms with Crippen LogP contribution in [-0.4, -0.2) is 9.38 Å². The van der Waals surface area contributed by atoms with E-state index in [0.717, 1.165) is 40.9 Å². The summed E-state index contributed by atoms with van der Waals surface area (Å²) in [6.07, 6.45) is 1.91. The molecule has 0 aliphatic rings. The molecule has 2 heterocycles. The van der Waals surface area contributed by atoms with Gasteiger partial charge in [-0.15, -0.1) is 0 Å². The van der Waals surface area contributed by atoms with Gasteiger partial charge in [0.15, 0.2) is 5.65 Å². The Morgan fingerprint density at radius 3 is 2.52 bits per heavy atom. The molecule has 0 saturated heterocycles. The Morgan fingerprint density at radius 1 is 1.07 bits per heavy atom. The Balaban J connectivity index is 2.08. The van der Waals surface area contributed by atoms with Crippen molar-refractivity contribution in [3.05, 3.63) is 70.8 Å². The Hall–Kier alpha value is -3.32. The summed E-state index contributed by atoms with van der Waals surface area (Å²) in [6, 6.07) is 18.8. The van der Waals surface area contributed by atoms with E-state index in [2.05, 4.69) is 60.0 Å². The summed E-state index contributed by atoms with van der Waals surface area (Å²) < 4.78 is 2.10. The molecule has 4 aromatic rings. The molecule has 0 fully saturated rings. The molecule has 0 atom stereocenters. The van der Waals surface area contributed by atoms with Gasteiger partial charge in [-0.25, -0.2) is 4.98 Å². The average molecular weight is 354 g/mol. The molecule has 4 nitrogen and oxygen atoms in total. The molecule has 0 aliphatic carbocycles. The number of fused-ring (bicyclic) bond motifs is 3. The van der Waals surface area contributed by atoms with Crippen molar-refractivity contribution in [3.8, 4) is 6.07 Å². The number of hydrogen-bond donors (Lipinski definition) is 1. The maximum atomic E-state index is 9.82. The molecular weight excluding hydrogens is 332 g/mol. The van der Waals surface area contributed by atoms with E-state index in [-0.39, 0.29) is 0 Å². The number of aryl methyl sites for hydroxylation is 1. The second-order valence-corrected chi connectivity index (χ2v) is 6.94. The van der Waals surface area contributed by atoms with Gasteiger partial charge in [-0.2, -0.15) is 5.26 Å². The smallest absolute Gasteiger partial charge is 0.157 e. The molecule has 0 radical (unpaired) electrons. The predicted molar refractivity (Wildman–Crippen MR) is 111 cm³/mol. The summed E-state index contributed by atoms with van der Waals surface area (Å²) in [5.74, 6) is 1.00. The first-order chi connectivity index (χ1) is 13.1. The van der Waals surface area contributed by atoms with Crippen molar-refractivity contribution in [2.75, 3.05) is 5.32 Å². The monoisotopic (exact) mass is 354 g/mol. The van der Waals surface area contributed by atoms with Crippen molar-refractivity contribution in [3.63, 3.8) is 0 Å². The summed E-state index contributed by atoms with van der Waals surface area (Å²) in [4.78, 5) is 4.76. The van der Waals surface area contributed by atoms with Gasteiger partial charge in [0.05, 0.1) is 16.6 Å². The molecule has 4 rings (SSSR count). The summed E-state index contributed by atoms with van der Waals surface area (Å²) >= 11 is 0. The van der Waals surface area contributed by atoms with Gasteiger partial charge in [0.1, 0.15) is 11.9 Å². The van der Waals surface area contributed by atoms with Crippen molar-refractivity contribution in [1.82, 2.24) is 9.38 Å². The minimum atomic E-state index is 0.657. The highest BCUT2D eigenvalue weighted by molar-refractivity contribution is 5.87. The average Bonchev–Trinajstić information content (AvgIpc) is 3.05. The Labute approximate surface area is 159 Å². The first-order valence-corrected chi connectivity index (χ1v) is 9.30. The van der Waals surface area contributed by atoms with Gasteiger partial charge in [-0.1, -0.05) is 43.2 Å². The number of nitrogens with zero attached hydrogens (tertiary/aromatic N) is 3. The van der Waals surface area contributed by atoms with E-state index in [9.17, 15) is 5.26 Å². The van der Waals surface area contributed by atoms with Gasteiger partial charge in [-0.05, 0) is 55.7 Å². The van der Waals surface area contributed by atoms with Crippen LogP contribution in [0.5, 0.6) is 0 Å². The van der Waals surface area contributed by atoms with E-state index < -0.39 is 0 Å². The van der Waals surface area contributed by atoms with E-state index in [1.54, 1.807) is 0 Å². The zero-order valence-corrected chi connectivity index (χ0v) is 15.9. The second-order valence-electron chi connectivity index (χ2n) is 6.94. The molecule has 0 amide bonds. The Morgan fingerprint density at radius 2 is 1.81 bits per heavy atom. The fourth-order valence-electron chi connectivity index (χ4n) is 3.65. The molecule has 1 N–H and O–H groups in total. The zero-order chi connectivity index (χ0) is 19.0. The van der Waals surface area contributed by atoms with Crippen LogP contribution in [0.1, 0.15) is 35.6 Å². The summed E-state index contributed by atoms with van der Waals surface area (Å²) in [7, 11) is 0. The van der Waals surface area contributed by atoms with E-state index in [0.29, 0.717) is 11.2 Å². The SMILES string of the molecule is CCCc1c(C)c(C#N)c2nc3ccccc3n2c1Nc1ccc(C)cc1. The molecule has 2 aromatic carbocycles. The second kappa shape index (κ2) is 6.77. The third-order valence-electron chi connectivity index (χ3n) is 5.05. The van der Waals surface area contributed by atoms with Crippen molar-refractivity contribution in [1.29, 1.82) is 5.26 Å². The molecule has 0 spiro atoms. The van der Waals surface area contributed by atoms with E-state index in [4.69, 9.17) is 4.98 Å². The summed E-state index contributed by atoms with van der Waals surface area (Å²) in [5.41, 5.74) is 7.71. The van der Waals surface area contributed by atoms with Gasteiger partial charge in [0, 0.05) is 5.69 Å².